The van der Waals surface area contributed by atoms with Gasteiger partial charge >= 0.3 is 0 Å². The highest BCUT2D eigenvalue weighted by atomic mass is 35.5. The Morgan fingerprint density at radius 3 is 2.24 bits per heavy atom. The molecule has 8 nitrogen and oxygen atoms in total. The number of benzene rings is 3. The number of sulfonamides is 1. The molecular weight excluding hydrogens is 597 g/mol. The number of carbonyl (C=O) groups excluding carboxylic acids is 3. The Morgan fingerprint density at radius 2 is 1.64 bits per heavy atom. The standard InChI is InChI=1S/C31H35Cl2N3O5S/c1-5-21(2)34-31(39)29(16-23-10-7-6-8-11-23)35(19-25-14-15-26(32)18-28(25)33)30(38)20-36(42(4,40)41)27-13-9-12-24(17-27)22(3)37/h6-15,17-18,21,29H,5,16,19-20H2,1-4H3,(H,34,39). The molecule has 0 heterocycles. The van der Waals surface area contributed by atoms with E-state index in [0.717, 1.165) is 16.1 Å². The minimum absolute atomic E-state index is 0.0780. The van der Waals surface area contributed by atoms with Gasteiger partial charge in [-0.1, -0.05) is 78.7 Å². The first-order valence-electron chi connectivity index (χ1n) is 13.5. The van der Waals surface area contributed by atoms with E-state index in [9.17, 15) is 22.8 Å². The Balaban J connectivity index is 2.11. The summed E-state index contributed by atoms with van der Waals surface area (Å²) in [6, 6.07) is 19.0. The molecule has 0 saturated carbocycles. The minimum atomic E-state index is -3.97. The van der Waals surface area contributed by atoms with Crippen molar-refractivity contribution < 1.29 is 22.8 Å². The van der Waals surface area contributed by atoms with Crippen LogP contribution in [0.4, 0.5) is 5.69 Å². The van der Waals surface area contributed by atoms with E-state index in [1.165, 1.54) is 24.0 Å². The summed E-state index contributed by atoms with van der Waals surface area (Å²) in [5.74, 6) is -1.25. The zero-order valence-corrected chi connectivity index (χ0v) is 26.3. The summed E-state index contributed by atoms with van der Waals surface area (Å²) in [5.41, 5.74) is 1.81. The van der Waals surface area contributed by atoms with Gasteiger partial charge in [-0.15, -0.1) is 0 Å². The predicted molar refractivity (Wildman–Crippen MR) is 167 cm³/mol. The number of nitrogens with zero attached hydrogens (tertiary/aromatic N) is 2. The van der Waals surface area contributed by atoms with Crippen molar-refractivity contribution in [2.24, 2.45) is 0 Å². The first-order valence-corrected chi connectivity index (χ1v) is 16.1. The van der Waals surface area contributed by atoms with Crippen molar-refractivity contribution in [3.8, 4) is 0 Å². The number of halogens is 2. The summed E-state index contributed by atoms with van der Waals surface area (Å²) in [6.45, 7) is 4.50. The van der Waals surface area contributed by atoms with Crippen molar-refractivity contribution in [1.29, 1.82) is 0 Å². The smallest absolute Gasteiger partial charge is 0.244 e. The number of ketones is 1. The number of hydrogen-bond donors (Lipinski definition) is 1. The fourth-order valence-electron chi connectivity index (χ4n) is 4.32. The molecule has 3 aromatic rings. The van der Waals surface area contributed by atoms with Gasteiger partial charge in [0.25, 0.3) is 0 Å². The number of carbonyl (C=O) groups is 3. The summed E-state index contributed by atoms with van der Waals surface area (Å²) in [4.78, 5) is 41.3. The average Bonchev–Trinajstić information content (AvgIpc) is 2.94. The Bertz CT molecular complexity index is 1530. The molecule has 3 aromatic carbocycles. The molecule has 0 fully saturated rings. The molecule has 0 aliphatic heterocycles. The van der Waals surface area contributed by atoms with E-state index in [-0.39, 0.29) is 36.4 Å². The van der Waals surface area contributed by atoms with E-state index in [1.807, 2.05) is 44.2 Å². The number of amides is 2. The minimum Gasteiger partial charge on any atom is -0.352 e. The van der Waals surface area contributed by atoms with Crippen LogP contribution in [0.25, 0.3) is 0 Å². The van der Waals surface area contributed by atoms with E-state index < -0.39 is 28.5 Å². The lowest BCUT2D eigenvalue weighted by molar-refractivity contribution is -0.140. The summed E-state index contributed by atoms with van der Waals surface area (Å²) in [7, 11) is -3.97. The molecule has 0 bridgehead atoms. The van der Waals surface area contributed by atoms with Crippen molar-refractivity contribution >= 4 is 56.5 Å². The summed E-state index contributed by atoms with van der Waals surface area (Å²) in [5, 5.41) is 3.68. The Morgan fingerprint density at radius 1 is 0.952 bits per heavy atom. The monoisotopic (exact) mass is 631 g/mol. The van der Waals surface area contributed by atoms with Crippen LogP contribution in [0.1, 0.15) is 48.7 Å². The highest BCUT2D eigenvalue weighted by Crippen LogP contribution is 2.26. The van der Waals surface area contributed by atoms with Gasteiger partial charge in [0.15, 0.2) is 5.78 Å². The van der Waals surface area contributed by atoms with Gasteiger partial charge in [0, 0.05) is 34.6 Å². The summed E-state index contributed by atoms with van der Waals surface area (Å²) in [6.07, 6.45) is 1.84. The molecule has 0 aliphatic carbocycles. The molecule has 0 aromatic heterocycles. The van der Waals surface area contributed by atoms with Crippen molar-refractivity contribution in [2.75, 3.05) is 17.1 Å². The number of anilines is 1. The lowest BCUT2D eigenvalue weighted by Gasteiger charge is -2.34. The first-order chi connectivity index (χ1) is 19.8. The van der Waals surface area contributed by atoms with E-state index in [4.69, 9.17) is 23.2 Å². The van der Waals surface area contributed by atoms with Crippen molar-refractivity contribution in [3.63, 3.8) is 0 Å². The van der Waals surface area contributed by atoms with Gasteiger partial charge in [-0.25, -0.2) is 8.42 Å². The topological polar surface area (TPSA) is 104 Å². The van der Waals surface area contributed by atoms with Gasteiger partial charge in [-0.2, -0.15) is 0 Å². The Kier molecular flexibility index (Phi) is 11.6. The maximum absolute atomic E-state index is 14.2. The Hall–Kier alpha value is -3.40. The molecule has 42 heavy (non-hydrogen) atoms. The SMILES string of the molecule is CCC(C)NC(=O)C(Cc1ccccc1)N(Cc1ccc(Cl)cc1Cl)C(=O)CN(c1cccc(C(C)=O)c1)S(C)(=O)=O. The average molecular weight is 633 g/mol. The lowest BCUT2D eigenvalue weighted by atomic mass is 10.0. The quantitative estimate of drug-likeness (QED) is 0.250. The summed E-state index contributed by atoms with van der Waals surface area (Å²) < 4.78 is 26.8. The third-order valence-electron chi connectivity index (χ3n) is 6.85. The van der Waals surface area contributed by atoms with Crippen LogP contribution < -0.4 is 9.62 Å². The maximum Gasteiger partial charge on any atom is 0.244 e. The Labute approximate surface area is 257 Å². The maximum atomic E-state index is 14.2. The van der Waals surface area contributed by atoms with Crippen LogP contribution in [0.2, 0.25) is 10.0 Å². The lowest BCUT2D eigenvalue weighted by Crippen LogP contribution is -2.54. The molecule has 11 heteroatoms. The van der Waals surface area contributed by atoms with E-state index in [1.54, 1.807) is 30.3 Å². The molecule has 0 radical (unpaired) electrons. The van der Waals surface area contributed by atoms with Gasteiger partial charge in [0.1, 0.15) is 12.6 Å². The van der Waals surface area contributed by atoms with Crippen LogP contribution in [-0.4, -0.2) is 55.8 Å². The highest BCUT2D eigenvalue weighted by Gasteiger charge is 2.34. The van der Waals surface area contributed by atoms with Crippen molar-refractivity contribution in [2.45, 2.75) is 52.2 Å². The van der Waals surface area contributed by atoms with E-state index >= 15 is 0 Å². The molecule has 0 spiro atoms. The molecule has 224 valence electrons. The van der Waals surface area contributed by atoms with Crippen LogP contribution in [0.5, 0.6) is 0 Å². The fraction of sp³-hybridized carbons (Fsp3) is 0.323. The number of hydrogen-bond acceptors (Lipinski definition) is 5. The van der Waals surface area contributed by atoms with Crippen LogP contribution in [0, 0.1) is 0 Å². The van der Waals surface area contributed by atoms with Crippen LogP contribution in [0.15, 0.2) is 72.8 Å². The molecular formula is C31H35Cl2N3O5S. The van der Waals surface area contributed by atoms with Crippen LogP contribution in [0.3, 0.4) is 0 Å². The number of rotatable bonds is 13. The van der Waals surface area contributed by atoms with E-state index in [0.29, 0.717) is 27.6 Å². The zero-order valence-electron chi connectivity index (χ0n) is 24.0. The van der Waals surface area contributed by atoms with Gasteiger partial charge in [0.2, 0.25) is 21.8 Å². The number of Topliss-reactive ketones (excluding diaryl/α,β-unsaturated/α-hetero) is 1. The second-order valence-corrected chi connectivity index (χ2v) is 12.9. The molecule has 3 rings (SSSR count). The van der Waals surface area contributed by atoms with Gasteiger partial charge < -0.3 is 10.2 Å². The molecule has 1 N–H and O–H groups in total. The fourth-order valence-corrected chi connectivity index (χ4v) is 5.63. The van der Waals surface area contributed by atoms with Crippen LogP contribution >= 0.6 is 23.2 Å². The third kappa shape index (κ3) is 9.05. The molecule has 2 amide bonds. The second kappa shape index (κ2) is 14.7. The molecule has 0 saturated heterocycles. The predicted octanol–water partition coefficient (Wildman–Crippen LogP) is 5.52. The van der Waals surface area contributed by atoms with Gasteiger partial charge in [-0.05, 0) is 55.7 Å². The second-order valence-electron chi connectivity index (χ2n) is 10.2. The first kappa shape index (κ1) is 33.1. The summed E-state index contributed by atoms with van der Waals surface area (Å²) >= 11 is 12.6. The zero-order chi connectivity index (χ0) is 31.0. The third-order valence-corrected chi connectivity index (χ3v) is 8.58. The molecule has 2 unspecified atom stereocenters. The normalized spacial score (nSPS) is 12.7. The highest BCUT2D eigenvalue weighted by molar-refractivity contribution is 7.92. The largest absolute Gasteiger partial charge is 0.352 e. The molecule has 2 atom stereocenters. The molecule has 0 aliphatic rings. The van der Waals surface area contributed by atoms with Gasteiger partial charge in [-0.3, -0.25) is 18.7 Å². The van der Waals surface area contributed by atoms with E-state index in [2.05, 4.69) is 5.32 Å². The van der Waals surface area contributed by atoms with Crippen LogP contribution in [-0.2, 0) is 32.6 Å². The van der Waals surface area contributed by atoms with Gasteiger partial charge in [0.05, 0.1) is 11.9 Å². The number of nitrogens with one attached hydrogen (secondary N) is 1. The van der Waals surface area contributed by atoms with Crippen molar-refractivity contribution in [1.82, 2.24) is 10.2 Å². The van der Waals surface area contributed by atoms with Crippen molar-refractivity contribution in [3.05, 3.63) is 99.5 Å².